The Bertz CT molecular complexity index is 267. The van der Waals surface area contributed by atoms with Crippen LogP contribution in [0.15, 0.2) is 4.99 Å². The van der Waals surface area contributed by atoms with Crippen LogP contribution < -0.4 is 11.5 Å². The molecule has 0 fully saturated rings. The lowest BCUT2D eigenvalue weighted by Gasteiger charge is -2.25. The molecule has 0 aliphatic heterocycles. The number of carbonyl (C=O) groups is 1. The van der Waals surface area contributed by atoms with Gasteiger partial charge < -0.3 is 16.6 Å². The third kappa shape index (κ3) is 5.55. The first-order chi connectivity index (χ1) is 8.52. The van der Waals surface area contributed by atoms with E-state index in [0.717, 1.165) is 0 Å². The van der Waals surface area contributed by atoms with Crippen molar-refractivity contribution in [1.29, 1.82) is 0 Å². The molecule has 5 N–H and O–H groups in total. The zero-order valence-corrected chi connectivity index (χ0v) is 9.43. The molecule has 16 heavy (non-hydrogen) atoms. The van der Waals surface area contributed by atoms with Crippen LogP contribution in [0.1, 0.15) is 29.4 Å². The first-order valence-electron chi connectivity index (χ1n) is 6.55. The summed E-state index contributed by atoms with van der Waals surface area (Å²) in [6.45, 7) is 1.35. The van der Waals surface area contributed by atoms with Crippen LogP contribution in [-0.4, -0.2) is 47.6 Å². The number of rotatable bonds is 8. The first-order valence-corrected chi connectivity index (χ1v) is 5.13. The number of hydrogen-bond acceptors (Lipinski definition) is 3. The number of nitrogens with zero attached hydrogens (tertiary/aromatic N) is 2. The Morgan fingerprint density at radius 2 is 2.12 bits per heavy atom. The van der Waals surface area contributed by atoms with Crippen LogP contribution in [0, 0.1) is 0 Å². The van der Waals surface area contributed by atoms with Gasteiger partial charge in [0.15, 0.2) is 5.96 Å². The van der Waals surface area contributed by atoms with Crippen molar-refractivity contribution in [2.45, 2.75) is 32.7 Å². The molecule has 0 aliphatic carbocycles. The lowest BCUT2D eigenvalue weighted by molar-refractivity contribution is -0.143. The largest absolute Gasteiger partial charge is 0.480 e. The SMILES string of the molecule is [2H]CCN(CC[2H])[C@@H](CCCN=C(N)N)C(=O)O. The van der Waals surface area contributed by atoms with Crippen LogP contribution in [-0.2, 0) is 4.79 Å². The van der Waals surface area contributed by atoms with Crippen molar-refractivity contribution < 1.29 is 12.6 Å². The molecule has 94 valence electrons. The smallest absolute Gasteiger partial charge is 0.320 e. The fourth-order valence-electron chi connectivity index (χ4n) is 1.38. The molecule has 6 nitrogen and oxygen atoms in total. The number of likely N-dealkylation sites (N-methyl/N-ethyl adjacent to an activating group) is 1. The molecule has 0 heterocycles. The second-order valence-corrected chi connectivity index (χ2v) is 3.34. The summed E-state index contributed by atoms with van der Waals surface area (Å²) in [4.78, 5) is 16.6. The highest BCUT2D eigenvalue weighted by atomic mass is 16.4. The van der Waals surface area contributed by atoms with E-state index in [1.54, 1.807) is 4.90 Å². The summed E-state index contributed by atoms with van der Waals surface area (Å²) in [5.74, 6) is -0.933. The van der Waals surface area contributed by atoms with Crippen LogP contribution in [0.3, 0.4) is 0 Å². The second kappa shape index (κ2) is 7.92. The summed E-state index contributed by atoms with van der Waals surface area (Å²) in [5.41, 5.74) is 10.4. The fourth-order valence-corrected chi connectivity index (χ4v) is 1.38. The van der Waals surface area contributed by atoms with Gasteiger partial charge in [0.2, 0.25) is 0 Å². The molecule has 0 spiro atoms. The van der Waals surface area contributed by atoms with Gasteiger partial charge in [-0.15, -0.1) is 0 Å². The Morgan fingerprint density at radius 3 is 2.56 bits per heavy atom. The summed E-state index contributed by atoms with van der Waals surface area (Å²) >= 11 is 0. The van der Waals surface area contributed by atoms with E-state index >= 15 is 0 Å². The zero-order chi connectivity index (χ0) is 14.0. The van der Waals surface area contributed by atoms with Crippen molar-refractivity contribution in [3.63, 3.8) is 0 Å². The Hall–Kier alpha value is -1.30. The number of carboxylic acid groups (broad SMARTS) is 1. The second-order valence-electron chi connectivity index (χ2n) is 3.34. The standard InChI is InChI=1S/C10H22N4O2/c1-3-14(4-2)8(9(15)16)6-5-7-13-10(11)12/h8H,3-7H2,1-2H3,(H,15,16)(H4,11,12,13)/t8-/m0/s1/i1D,2D. The number of nitrogens with two attached hydrogens (primary N) is 2. The highest BCUT2D eigenvalue weighted by Crippen LogP contribution is 2.07. The fraction of sp³-hybridized carbons (Fsp3) is 0.800. The molecule has 0 bridgehead atoms. The van der Waals surface area contributed by atoms with Gasteiger partial charge in [0, 0.05) is 9.29 Å². The molecular formula is C10H22N4O2. The molecule has 0 amide bonds. The molecule has 0 aliphatic rings. The summed E-state index contributed by atoms with van der Waals surface area (Å²) in [6.07, 6.45) is 0.966. The molecule has 0 aromatic rings. The minimum absolute atomic E-state index is 0.00366. The third-order valence-corrected chi connectivity index (χ3v) is 2.23. The lowest BCUT2D eigenvalue weighted by Crippen LogP contribution is -2.41. The number of hydrogen-bond donors (Lipinski definition) is 3. The molecule has 1 atom stereocenters. The van der Waals surface area contributed by atoms with E-state index in [4.69, 9.17) is 19.3 Å². The molecule has 0 rings (SSSR count). The number of guanidine groups is 1. The van der Waals surface area contributed by atoms with Crippen LogP contribution >= 0.6 is 0 Å². The predicted molar refractivity (Wildman–Crippen MR) is 64.3 cm³/mol. The van der Waals surface area contributed by atoms with Crippen molar-refractivity contribution in [1.82, 2.24) is 4.90 Å². The van der Waals surface area contributed by atoms with E-state index in [0.29, 0.717) is 32.5 Å². The van der Waals surface area contributed by atoms with Gasteiger partial charge in [0.25, 0.3) is 0 Å². The van der Waals surface area contributed by atoms with E-state index in [-0.39, 0.29) is 19.8 Å². The zero-order valence-electron chi connectivity index (χ0n) is 11.4. The van der Waals surface area contributed by atoms with Gasteiger partial charge in [-0.2, -0.15) is 0 Å². The van der Waals surface area contributed by atoms with Crippen LogP contribution in [0.25, 0.3) is 0 Å². The van der Waals surface area contributed by atoms with Crippen molar-refractivity contribution in [2.75, 3.05) is 19.6 Å². The van der Waals surface area contributed by atoms with Crippen molar-refractivity contribution in [3.8, 4) is 0 Å². The summed E-state index contributed by atoms with van der Waals surface area (Å²) in [6, 6.07) is -0.671. The van der Waals surface area contributed by atoms with E-state index in [9.17, 15) is 4.79 Å². The maximum absolute atomic E-state index is 11.2. The summed E-state index contributed by atoms with van der Waals surface area (Å²) in [5, 5.41) is 9.16. The molecule has 0 aromatic carbocycles. The topological polar surface area (TPSA) is 105 Å². The quantitative estimate of drug-likeness (QED) is 0.306. The average molecular weight is 232 g/mol. The maximum Gasteiger partial charge on any atom is 0.320 e. The minimum Gasteiger partial charge on any atom is -0.480 e. The lowest BCUT2D eigenvalue weighted by atomic mass is 10.1. The molecule has 0 saturated carbocycles. The number of aliphatic imine (C=N–C) groups is 1. The summed E-state index contributed by atoms with van der Waals surface area (Å²) in [7, 11) is 0. The Labute approximate surface area is 99.1 Å². The number of carboxylic acids is 1. The average Bonchev–Trinajstić information content (AvgIpc) is 2.28. The van der Waals surface area contributed by atoms with Crippen molar-refractivity contribution >= 4 is 11.9 Å². The molecule has 6 heteroatoms. The minimum atomic E-state index is -0.929. The Kier molecular flexibility index (Phi) is 5.54. The molecular weight excluding hydrogens is 208 g/mol. The van der Waals surface area contributed by atoms with E-state index in [2.05, 4.69) is 4.99 Å². The van der Waals surface area contributed by atoms with Gasteiger partial charge in [-0.05, 0) is 25.9 Å². The normalized spacial score (nSPS) is 14.1. The van der Waals surface area contributed by atoms with Crippen molar-refractivity contribution in [3.05, 3.63) is 0 Å². The van der Waals surface area contributed by atoms with E-state index in [1.807, 2.05) is 0 Å². The maximum atomic E-state index is 11.2. The van der Waals surface area contributed by atoms with Gasteiger partial charge in [0.1, 0.15) is 6.04 Å². The molecule has 0 aromatic heterocycles. The van der Waals surface area contributed by atoms with Crippen LogP contribution in [0.4, 0.5) is 0 Å². The van der Waals surface area contributed by atoms with Gasteiger partial charge in [-0.3, -0.25) is 14.7 Å². The van der Waals surface area contributed by atoms with Gasteiger partial charge in [-0.25, -0.2) is 0 Å². The summed E-state index contributed by atoms with van der Waals surface area (Å²) < 4.78 is 14.3. The first kappa shape index (κ1) is 11.2. The third-order valence-electron chi connectivity index (χ3n) is 2.23. The van der Waals surface area contributed by atoms with Gasteiger partial charge in [0.05, 0.1) is 0 Å². The van der Waals surface area contributed by atoms with Crippen molar-refractivity contribution in [2.24, 2.45) is 16.5 Å². The number of aliphatic carboxylic acids is 1. The van der Waals surface area contributed by atoms with E-state index in [1.165, 1.54) is 0 Å². The molecule has 0 unspecified atom stereocenters. The van der Waals surface area contributed by atoms with Crippen LogP contribution in [0.5, 0.6) is 0 Å². The predicted octanol–water partition coefficient (Wildman–Crippen LogP) is -0.165. The Balaban J connectivity index is 4.33. The molecule has 0 saturated heterocycles. The van der Waals surface area contributed by atoms with Crippen LogP contribution in [0.2, 0.25) is 0 Å². The highest BCUT2D eigenvalue weighted by Gasteiger charge is 2.22. The monoisotopic (exact) mass is 232 g/mol. The van der Waals surface area contributed by atoms with Gasteiger partial charge in [-0.1, -0.05) is 13.8 Å². The van der Waals surface area contributed by atoms with E-state index < -0.39 is 12.0 Å². The highest BCUT2D eigenvalue weighted by molar-refractivity contribution is 5.75. The van der Waals surface area contributed by atoms with Gasteiger partial charge >= 0.3 is 5.97 Å². The molecule has 0 radical (unpaired) electrons. The Morgan fingerprint density at radius 1 is 1.50 bits per heavy atom.